The van der Waals surface area contributed by atoms with Crippen molar-refractivity contribution in [3.05, 3.63) is 48.2 Å². The largest absolute Gasteiger partial charge is 0.308 e. The summed E-state index contributed by atoms with van der Waals surface area (Å²) >= 11 is 0. The Balaban J connectivity index is 2.16. The van der Waals surface area contributed by atoms with Gasteiger partial charge in [-0.25, -0.2) is 19.2 Å². The molecule has 2 aromatic rings. The molecule has 1 aromatic heterocycles. The summed E-state index contributed by atoms with van der Waals surface area (Å²) in [5, 5.41) is 0. The van der Waals surface area contributed by atoms with Gasteiger partial charge in [-0.15, -0.1) is 0 Å². The van der Waals surface area contributed by atoms with Crippen LogP contribution in [0.5, 0.6) is 0 Å². The van der Waals surface area contributed by atoms with E-state index in [0.717, 1.165) is 12.8 Å². The van der Waals surface area contributed by atoms with E-state index in [-0.39, 0.29) is 4.90 Å². The minimum atomic E-state index is -3.64. The van der Waals surface area contributed by atoms with Crippen molar-refractivity contribution in [1.29, 1.82) is 0 Å². The smallest absolute Gasteiger partial charge is 0.263 e. The van der Waals surface area contributed by atoms with Gasteiger partial charge in [0.25, 0.3) is 10.0 Å². The summed E-state index contributed by atoms with van der Waals surface area (Å²) in [5.41, 5.74) is 4.05. The zero-order valence-electron chi connectivity index (χ0n) is 11.7. The number of hydrazine groups is 1. The van der Waals surface area contributed by atoms with E-state index in [1.165, 1.54) is 23.9 Å². The first kappa shape index (κ1) is 15.3. The summed E-state index contributed by atoms with van der Waals surface area (Å²) in [6.45, 7) is 2.10. The monoisotopic (exact) mass is 306 g/mol. The Kier molecular flexibility index (Phi) is 4.77. The lowest BCUT2D eigenvalue weighted by Gasteiger charge is -2.09. The van der Waals surface area contributed by atoms with Gasteiger partial charge in [0.2, 0.25) is 0 Å². The van der Waals surface area contributed by atoms with E-state index in [1.54, 1.807) is 12.1 Å². The third-order valence-electron chi connectivity index (χ3n) is 2.94. The zero-order chi connectivity index (χ0) is 15.3. The van der Waals surface area contributed by atoms with Gasteiger partial charge in [-0.05, 0) is 36.2 Å². The maximum absolute atomic E-state index is 12.2. The summed E-state index contributed by atoms with van der Waals surface area (Å²) < 4.78 is 26.9. The Morgan fingerprint density at radius 3 is 2.38 bits per heavy atom. The molecule has 0 unspecified atom stereocenters. The molecule has 1 aromatic carbocycles. The second kappa shape index (κ2) is 6.55. The number of nitrogens with one attached hydrogen (secondary N) is 2. The Morgan fingerprint density at radius 1 is 1.14 bits per heavy atom. The Labute approximate surface area is 124 Å². The van der Waals surface area contributed by atoms with Crippen molar-refractivity contribution in [2.45, 2.75) is 24.7 Å². The fourth-order valence-corrected chi connectivity index (χ4v) is 2.87. The predicted octanol–water partition coefficient (Wildman–Crippen LogP) is 2.12. The highest BCUT2D eigenvalue weighted by Crippen LogP contribution is 2.17. The summed E-state index contributed by atoms with van der Waals surface area (Å²) in [5.74, 6) is 5.59. The van der Waals surface area contributed by atoms with Gasteiger partial charge < -0.3 is 5.43 Å². The van der Waals surface area contributed by atoms with Crippen LogP contribution >= 0.6 is 0 Å². The molecule has 0 fully saturated rings. The predicted molar refractivity (Wildman–Crippen MR) is 83.3 cm³/mol. The molecule has 0 aliphatic rings. The van der Waals surface area contributed by atoms with Crippen molar-refractivity contribution in [3.63, 3.8) is 0 Å². The number of anilines is 2. The van der Waals surface area contributed by atoms with Crippen molar-refractivity contribution < 1.29 is 8.42 Å². The number of aromatic nitrogens is 1. The highest BCUT2D eigenvalue weighted by Gasteiger charge is 2.14. The van der Waals surface area contributed by atoms with Crippen LogP contribution in [0.25, 0.3) is 0 Å². The molecule has 21 heavy (non-hydrogen) atoms. The van der Waals surface area contributed by atoms with Crippen LogP contribution in [0.3, 0.4) is 0 Å². The standard InChI is InChI=1S/C14H18N4O2S/c1-2-3-11-4-6-12(7-5-11)18-21(19,20)13-8-9-14(17-15)16-10-13/h4-10,18H,2-3,15H2,1H3,(H,16,17). The Morgan fingerprint density at radius 2 is 1.86 bits per heavy atom. The second-order valence-corrected chi connectivity index (χ2v) is 6.26. The van der Waals surface area contributed by atoms with Crippen LogP contribution in [0.4, 0.5) is 11.5 Å². The second-order valence-electron chi connectivity index (χ2n) is 4.58. The van der Waals surface area contributed by atoms with Crippen LogP contribution in [-0.4, -0.2) is 13.4 Å². The molecule has 0 bridgehead atoms. The number of nitrogen functional groups attached to an aromatic ring is 1. The molecule has 0 saturated carbocycles. The molecule has 0 aliphatic carbocycles. The molecule has 0 saturated heterocycles. The minimum absolute atomic E-state index is 0.0825. The number of rotatable bonds is 6. The fourth-order valence-electron chi connectivity index (χ4n) is 1.87. The third kappa shape index (κ3) is 3.93. The molecule has 0 amide bonds. The van der Waals surface area contributed by atoms with E-state index in [4.69, 9.17) is 5.84 Å². The van der Waals surface area contributed by atoms with Crippen LogP contribution in [0.2, 0.25) is 0 Å². The summed E-state index contributed by atoms with van der Waals surface area (Å²) in [6, 6.07) is 10.3. The normalized spacial score (nSPS) is 11.1. The molecule has 1 heterocycles. The van der Waals surface area contributed by atoms with E-state index in [9.17, 15) is 8.42 Å². The zero-order valence-corrected chi connectivity index (χ0v) is 12.5. The third-order valence-corrected chi connectivity index (χ3v) is 4.31. The highest BCUT2D eigenvalue weighted by atomic mass is 32.2. The molecule has 4 N–H and O–H groups in total. The maximum atomic E-state index is 12.2. The average Bonchev–Trinajstić information content (AvgIpc) is 2.49. The quantitative estimate of drug-likeness (QED) is 0.561. The first-order chi connectivity index (χ1) is 10.0. The molecule has 6 nitrogen and oxygen atoms in total. The number of aryl methyl sites for hydroxylation is 1. The van der Waals surface area contributed by atoms with Crippen LogP contribution < -0.4 is 16.0 Å². The van der Waals surface area contributed by atoms with E-state index < -0.39 is 10.0 Å². The van der Waals surface area contributed by atoms with Crippen molar-refractivity contribution in [3.8, 4) is 0 Å². The number of nitrogens with zero attached hydrogens (tertiary/aromatic N) is 1. The molecule has 0 radical (unpaired) electrons. The van der Waals surface area contributed by atoms with Gasteiger partial charge in [-0.3, -0.25) is 4.72 Å². The van der Waals surface area contributed by atoms with Crippen molar-refractivity contribution >= 4 is 21.5 Å². The topological polar surface area (TPSA) is 97.1 Å². The van der Waals surface area contributed by atoms with Gasteiger partial charge >= 0.3 is 0 Å². The average molecular weight is 306 g/mol. The van der Waals surface area contributed by atoms with Gasteiger partial charge in [0, 0.05) is 11.9 Å². The number of benzene rings is 1. The molecular formula is C14H18N4O2S. The number of sulfonamides is 1. The Bertz CT molecular complexity index is 682. The molecule has 7 heteroatoms. The van der Waals surface area contributed by atoms with Gasteiger partial charge in [-0.2, -0.15) is 0 Å². The summed E-state index contributed by atoms with van der Waals surface area (Å²) in [7, 11) is -3.64. The number of nitrogens with two attached hydrogens (primary N) is 1. The highest BCUT2D eigenvalue weighted by molar-refractivity contribution is 7.92. The van der Waals surface area contributed by atoms with E-state index in [0.29, 0.717) is 11.5 Å². The molecule has 112 valence electrons. The first-order valence-corrected chi connectivity index (χ1v) is 8.08. The lowest BCUT2D eigenvalue weighted by atomic mass is 10.1. The molecule has 0 spiro atoms. The van der Waals surface area contributed by atoms with Crippen molar-refractivity contribution in [1.82, 2.24) is 4.98 Å². The lowest BCUT2D eigenvalue weighted by molar-refractivity contribution is 0.601. The fraction of sp³-hybridized carbons (Fsp3) is 0.214. The van der Waals surface area contributed by atoms with E-state index >= 15 is 0 Å². The SMILES string of the molecule is CCCc1ccc(NS(=O)(=O)c2ccc(NN)nc2)cc1. The molecule has 0 atom stereocenters. The molecule has 2 rings (SSSR count). The lowest BCUT2D eigenvalue weighted by Crippen LogP contribution is -2.14. The maximum Gasteiger partial charge on any atom is 0.263 e. The molecule has 0 aliphatic heterocycles. The summed E-state index contributed by atoms with van der Waals surface area (Å²) in [6.07, 6.45) is 3.28. The van der Waals surface area contributed by atoms with Crippen LogP contribution in [0, 0.1) is 0 Å². The van der Waals surface area contributed by atoms with Gasteiger partial charge in [0.1, 0.15) is 10.7 Å². The molecular weight excluding hydrogens is 288 g/mol. The number of hydrogen-bond donors (Lipinski definition) is 3. The van der Waals surface area contributed by atoms with Crippen molar-refractivity contribution in [2.75, 3.05) is 10.1 Å². The minimum Gasteiger partial charge on any atom is -0.308 e. The van der Waals surface area contributed by atoms with Gasteiger partial charge in [0.05, 0.1) is 0 Å². The van der Waals surface area contributed by atoms with Crippen molar-refractivity contribution in [2.24, 2.45) is 5.84 Å². The van der Waals surface area contributed by atoms with E-state index in [2.05, 4.69) is 22.1 Å². The van der Waals surface area contributed by atoms with Crippen LogP contribution in [0.15, 0.2) is 47.5 Å². The van der Waals surface area contributed by atoms with E-state index in [1.807, 2.05) is 12.1 Å². The Hall–Kier alpha value is -2.12. The van der Waals surface area contributed by atoms with Crippen LogP contribution in [0.1, 0.15) is 18.9 Å². The first-order valence-electron chi connectivity index (χ1n) is 6.59. The van der Waals surface area contributed by atoms with Gasteiger partial charge in [-0.1, -0.05) is 25.5 Å². The number of pyridine rings is 1. The van der Waals surface area contributed by atoms with Gasteiger partial charge in [0.15, 0.2) is 0 Å². The number of hydrogen-bond acceptors (Lipinski definition) is 5. The summed E-state index contributed by atoms with van der Waals surface area (Å²) in [4.78, 5) is 3.97. The van der Waals surface area contributed by atoms with Crippen LogP contribution in [-0.2, 0) is 16.4 Å².